The van der Waals surface area contributed by atoms with E-state index >= 15 is 0 Å². The predicted molar refractivity (Wildman–Crippen MR) is 70.7 cm³/mol. The lowest BCUT2D eigenvalue weighted by molar-refractivity contribution is -0.138. The van der Waals surface area contributed by atoms with Crippen LogP contribution in [0.15, 0.2) is 28.7 Å². The maximum Gasteiger partial charge on any atom is 0.389 e. The van der Waals surface area contributed by atoms with Crippen molar-refractivity contribution in [1.29, 1.82) is 0 Å². The number of halogens is 4. The van der Waals surface area contributed by atoms with Crippen molar-refractivity contribution in [2.24, 2.45) is 0 Å². The van der Waals surface area contributed by atoms with Gasteiger partial charge in [-0.1, -0.05) is 11.6 Å². The molecule has 0 bridgehead atoms. The molecule has 0 aliphatic heterocycles. The smallest absolute Gasteiger partial charge is 0.389 e. The minimum atomic E-state index is -4.21. The molecule has 6 heteroatoms. The Bertz CT molecular complexity index is 602. The average Bonchev–Trinajstić information content (AvgIpc) is 2.70. The molecule has 1 atom stereocenters. The maximum atomic E-state index is 12.1. The number of aliphatic hydroxyl groups is 1. The molecule has 2 rings (SSSR count). The van der Waals surface area contributed by atoms with Gasteiger partial charge in [-0.15, -0.1) is 0 Å². The van der Waals surface area contributed by atoms with Crippen LogP contribution in [0.1, 0.15) is 31.9 Å². The van der Waals surface area contributed by atoms with Gasteiger partial charge in [-0.05, 0) is 44.0 Å². The molecule has 0 aliphatic carbocycles. The number of hydrogen-bond donors (Lipinski definition) is 1. The molecule has 1 heterocycles. The van der Waals surface area contributed by atoms with Crippen LogP contribution in [0.25, 0.3) is 11.0 Å². The van der Waals surface area contributed by atoms with Crippen LogP contribution in [-0.2, 0) is 5.60 Å². The van der Waals surface area contributed by atoms with Gasteiger partial charge in [0.25, 0.3) is 0 Å². The minimum Gasteiger partial charge on any atom is -0.458 e. The fourth-order valence-corrected chi connectivity index (χ4v) is 2.22. The first-order valence-corrected chi connectivity index (χ1v) is 6.54. The summed E-state index contributed by atoms with van der Waals surface area (Å²) in [6, 6.07) is 6.59. The second kappa shape index (κ2) is 5.30. The Morgan fingerprint density at radius 1 is 1.20 bits per heavy atom. The minimum absolute atomic E-state index is 0.0277. The summed E-state index contributed by atoms with van der Waals surface area (Å²) in [4.78, 5) is 0. The van der Waals surface area contributed by atoms with Crippen LogP contribution in [0.2, 0.25) is 5.02 Å². The van der Waals surface area contributed by atoms with Gasteiger partial charge in [0.2, 0.25) is 0 Å². The van der Waals surface area contributed by atoms with Gasteiger partial charge in [-0.25, -0.2) is 0 Å². The van der Waals surface area contributed by atoms with Crippen LogP contribution < -0.4 is 0 Å². The number of rotatable bonds is 4. The molecule has 2 nitrogen and oxygen atoms in total. The number of hydrogen-bond acceptors (Lipinski definition) is 2. The largest absolute Gasteiger partial charge is 0.458 e. The first kappa shape index (κ1) is 15.2. The molecular formula is C14H14ClF3O2. The van der Waals surface area contributed by atoms with E-state index < -0.39 is 18.2 Å². The topological polar surface area (TPSA) is 33.4 Å². The molecule has 0 saturated carbocycles. The van der Waals surface area contributed by atoms with Crippen LogP contribution in [-0.4, -0.2) is 11.3 Å². The van der Waals surface area contributed by atoms with Gasteiger partial charge < -0.3 is 9.52 Å². The second-order valence-electron chi connectivity index (χ2n) is 5.04. The van der Waals surface area contributed by atoms with Gasteiger partial charge in [0, 0.05) is 16.8 Å². The Balaban J connectivity index is 2.14. The van der Waals surface area contributed by atoms with Crippen LogP contribution in [0.5, 0.6) is 0 Å². The Hall–Kier alpha value is -1.20. The van der Waals surface area contributed by atoms with Crippen LogP contribution in [0.4, 0.5) is 13.2 Å². The lowest BCUT2D eigenvalue weighted by Crippen LogP contribution is -2.21. The Labute approximate surface area is 119 Å². The molecule has 0 amide bonds. The van der Waals surface area contributed by atoms with Crippen molar-refractivity contribution in [3.8, 4) is 0 Å². The van der Waals surface area contributed by atoms with E-state index in [9.17, 15) is 18.3 Å². The van der Waals surface area contributed by atoms with Gasteiger partial charge >= 0.3 is 6.18 Å². The van der Waals surface area contributed by atoms with Gasteiger partial charge in [-0.3, -0.25) is 0 Å². The van der Waals surface area contributed by atoms with Crippen LogP contribution >= 0.6 is 11.6 Å². The lowest BCUT2D eigenvalue weighted by Gasteiger charge is -2.20. The van der Waals surface area contributed by atoms with Crippen LogP contribution in [0.3, 0.4) is 0 Å². The van der Waals surface area contributed by atoms with E-state index in [1.165, 1.54) is 6.92 Å². The lowest BCUT2D eigenvalue weighted by atomic mass is 9.96. The van der Waals surface area contributed by atoms with E-state index in [1.807, 2.05) is 0 Å². The van der Waals surface area contributed by atoms with Crippen molar-refractivity contribution in [3.05, 3.63) is 35.0 Å². The van der Waals surface area contributed by atoms with E-state index in [1.54, 1.807) is 24.3 Å². The molecule has 1 N–H and O–H groups in total. The van der Waals surface area contributed by atoms with Gasteiger partial charge in [0.05, 0.1) is 0 Å². The molecule has 110 valence electrons. The van der Waals surface area contributed by atoms with E-state index in [-0.39, 0.29) is 18.6 Å². The quantitative estimate of drug-likeness (QED) is 0.859. The summed E-state index contributed by atoms with van der Waals surface area (Å²) in [5, 5.41) is 11.5. The summed E-state index contributed by atoms with van der Waals surface area (Å²) in [6.45, 7) is 1.45. The zero-order chi connectivity index (χ0) is 15.0. The molecular weight excluding hydrogens is 293 g/mol. The van der Waals surface area contributed by atoms with Crippen molar-refractivity contribution in [3.63, 3.8) is 0 Å². The third-order valence-electron chi connectivity index (χ3n) is 3.13. The highest BCUT2D eigenvalue weighted by Gasteiger charge is 2.31. The predicted octanol–water partition coefficient (Wildman–Crippen LogP) is 5.03. The number of furan rings is 1. The fourth-order valence-electron chi connectivity index (χ4n) is 2.04. The third kappa shape index (κ3) is 3.67. The number of benzene rings is 1. The molecule has 1 aromatic heterocycles. The molecule has 0 radical (unpaired) electrons. The Morgan fingerprint density at radius 3 is 2.55 bits per heavy atom. The van der Waals surface area contributed by atoms with Crippen molar-refractivity contribution in [2.75, 3.05) is 0 Å². The fraction of sp³-hybridized carbons (Fsp3) is 0.429. The van der Waals surface area contributed by atoms with E-state index in [0.29, 0.717) is 16.0 Å². The van der Waals surface area contributed by atoms with Crippen molar-refractivity contribution in [1.82, 2.24) is 0 Å². The molecule has 1 aromatic carbocycles. The first-order chi connectivity index (χ1) is 9.17. The Morgan fingerprint density at radius 2 is 1.90 bits per heavy atom. The highest BCUT2D eigenvalue weighted by molar-refractivity contribution is 6.31. The van der Waals surface area contributed by atoms with Crippen molar-refractivity contribution < 1.29 is 22.7 Å². The van der Waals surface area contributed by atoms with E-state index in [2.05, 4.69) is 0 Å². The molecule has 2 aromatic rings. The molecule has 0 fully saturated rings. The van der Waals surface area contributed by atoms with Crippen molar-refractivity contribution >= 4 is 22.6 Å². The summed E-state index contributed by atoms with van der Waals surface area (Å²) < 4.78 is 41.9. The summed E-state index contributed by atoms with van der Waals surface area (Å²) >= 11 is 5.85. The molecule has 0 aliphatic rings. The molecule has 1 unspecified atom stereocenters. The molecule has 20 heavy (non-hydrogen) atoms. The van der Waals surface area contributed by atoms with Crippen LogP contribution in [0, 0.1) is 0 Å². The highest BCUT2D eigenvalue weighted by atomic mass is 35.5. The van der Waals surface area contributed by atoms with E-state index in [4.69, 9.17) is 16.0 Å². The number of alkyl halides is 3. The number of fused-ring (bicyclic) bond motifs is 1. The second-order valence-corrected chi connectivity index (χ2v) is 5.47. The average molecular weight is 307 g/mol. The maximum absolute atomic E-state index is 12.1. The molecule has 0 spiro atoms. The Kier molecular flexibility index (Phi) is 4.02. The van der Waals surface area contributed by atoms with Crippen molar-refractivity contribution in [2.45, 2.75) is 38.0 Å². The van der Waals surface area contributed by atoms with Gasteiger partial charge in [-0.2, -0.15) is 13.2 Å². The highest BCUT2D eigenvalue weighted by Crippen LogP contribution is 2.34. The van der Waals surface area contributed by atoms with Gasteiger partial charge in [0.1, 0.15) is 16.9 Å². The monoisotopic (exact) mass is 306 g/mol. The van der Waals surface area contributed by atoms with Gasteiger partial charge in [0.15, 0.2) is 0 Å². The normalized spacial score (nSPS) is 15.5. The zero-order valence-electron chi connectivity index (χ0n) is 10.8. The first-order valence-electron chi connectivity index (χ1n) is 6.16. The zero-order valence-corrected chi connectivity index (χ0v) is 11.6. The third-order valence-corrected chi connectivity index (χ3v) is 3.37. The summed E-state index contributed by atoms with van der Waals surface area (Å²) in [5.41, 5.74) is -0.892. The summed E-state index contributed by atoms with van der Waals surface area (Å²) in [5.74, 6) is 0.247. The molecule has 0 saturated heterocycles. The summed E-state index contributed by atoms with van der Waals surface area (Å²) in [6.07, 6.45) is -5.32. The standard InChI is InChI=1S/C14H14ClF3O2/c1-13(19,5-2-6-14(16,17)18)12-8-9-7-10(15)3-4-11(9)20-12/h3-4,7-8,19H,2,5-6H2,1H3. The van der Waals surface area contributed by atoms with E-state index in [0.717, 1.165) is 0 Å². The summed E-state index contributed by atoms with van der Waals surface area (Å²) in [7, 11) is 0. The SMILES string of the molecule is CC(O)(CCCC(F)(F)F)c1cc2cc(Cl)ccc2o1.